The summed E-state index contributed by atoms with van der Waals surface area (Å²) >= 11 is 6.09. The molecule has 8 nitrogen and oxygen atoms in total. The third-order valence-corrected chi connectivity index (χ3v) is 6.62. The third kappa shape index (κ3) is 5.23. The number of ether oxygens (including phenoxy) is 2. The van der Waals surface area contributed by atoms with Gasteiger partial charge in [0.25, 0.3) is 0 Å². The molecule has 2 aromatic carbocycles. The summed E-state index contributed by atoms with van der Waals surface area (Å²) in [4.78, 5) is 12.3. The highest BCUT2D eigenvalue weighted by Gasteiger charge is 2.28. The van der Waals surface area contributed by atoms with E-state index in [1.165, 1.54) is 13.2 Å². The van der Waals surface area contributed by atoms with Crippen molar-refractivity contribution in [3.05, 3.63) is 53.1 Å². The second-order valence-corrected chi connectivity index (χ2v) is 8.99. The van der Waals surface area contributed by atoms with E-state index in [-0.39, 0.29) is 16.6 Å². The second kappa shape index (κ2) is 9.65. The highest BCUT2D eigenvalue weighted by molar-refractivity contribution is 7.89. The van der Waals surface area contributed by atoms with Crippen molar-refractivity contribution in [2.45, 2.75) is 29.8 Å². The Morgan fingerprint density at radius 2 is 1.93 bits per heavy atom. The highest BCUT2D eigenvalue weighted by atomic mass is 35.5. The lowest BCUT2D eigenvalue weighted by Crippen LogP contribution is -2.39. The number of hydrogen-bond acceptors (Lipinski definition) is 6. The number of benzene rings is 2. The fourth-order valence-electron chi connectivity index (χ4n) is 3.31. The van der Waals surface area contributed by atoms with E-state index in [0.717, 1.165) is 0 Å². The number of rotatable bonds is 8. The van der Waals surface area contributed by atoms with Crippen LogP contribution in [-0.4, -0.2) is 40.7 Å². The molecule has 1 aliphatic heterocycles. The van der Waals surface area contributed by atoms with Crippen molar-refractivity contribution in [3.63, 3.8) is 0 Å². The average molecular weight is 454 g/mol. The number of nitrogens with one attached hydrogen (secondary N) is 2. The Morgan fingerprint density at radius 1 is 1.23 bits per heavy atom. The molecule has 162 valence electrons. The zero-order valence-corrected chi connectivity index (χ0v) is 18.0. The van der Waals surface area contributed by atoms with E-state index in [1.807, 2.05) is 0 Å². The van der Waals surface area contributed by atoms with Crippen molar-refractivity contribution in [3.8, 4) is 5.75 Å². The molecule has 2 aromatic rings. The summed E-state index contributed by atoms with van der Waals surface area (Å²) in [7, 11) is -2.39. The Morgan fingerprint density at radius 3 is 2.60 bits per heavy atom. The van der Waals surface area contributed by atoms with E-state index in [0.29, 0.717) is 42.4 Å². The Labute approximate surface area is 180 Å². The van der Waals surface area contributed by atoms with Gasteiger partial charge in [-0.3, -0.25) is 4.79 Å². The molecule has 0 radical (unpaired) electrons. The van der Waals surface area contributed by atoms with Crippen LogP contribution in [0.1, 0.15) is 24.4 Å². The SMILES string of the molecule is COc1ccc(Cl)cc1C(Nc1ccccc1S(=O)(=O)NC1CCOCC1)C(N)=O. The fraction of sp³-hybridized carbons (Fsp3) is 0.350. The molecular formula is C20H24ClN3O5S. The number of halogens is 1. The maximum atomic E-state index is 13.0. The third-order valence-electron chi connectivity index (χ3n) is 4.81. The van der Waals surface area contributed by atoms with Crippen LogP contribution in [0.4, 0.5) is 5.69 Å². The molecule has 3 rings (SSSR count). The van der Waals surface area contributed by atoms with Gasteiger partial charge in [-0.05, 0) is 43.2 Å². The van der Waals surface area contributed by atoms with E-state index in [9.17, 15) is 13.2 Å². The molecule has 1 amide bonds. The van der Waals surface area contributed by atoms with Crippen molar-refractivity contribution in [1.82, 2.24) is 4.72 Å². The zero-order valence-electron chi connectivity index (χ0n) is 16.4. The summed E-state index contributed by atoms with van der Waals surface area (Å²) in [6.45, 7) is 1.01. The van der Waals surface area contributed by atoms with Crippen molar-refractivity contribution in [1.29, 1.82) is 0 Å². The lowest BCUT2D eigenvalue weighted by Gasteiger charge is -2.25. The summed E-state index contributed by atoms with van der Waals surface area (Å²) in [5.41, 5.74) is 6.26. The van der Waals surface area contributed by atoms with Crippen molar-refractivity contribution < 1.29 is 22.7 Å². The van der Waals surface area contributed by atoms with Crippen molar-refractivity contribution >= 4 is 33.2 Å². The predicted octanol–water partition coefficient (Wildman–Crippen LogP) is 2.44. The smallest absolute Gasteiger partial charge is 0.244 e. The summed E-state index contributed by atoms with van der Waals surface area (Å²) in [6.07, 6.45) is 1.19. The molecule has 10 heteroatoms. The number of primary amides is 1. The fourth-order valence-corrected chi connectivity index (χ4v) is 4.96. The van der Waals surface area contributed by atoms with E-state index in [2.05, 4.69) is 10.0 Å². The minimum atomic E-state index is -3.85. The van der Waals surface area contributed by atoms with Gasteiger partial charge in [0, 0.05) is 29.8 Å². The first-order chi connectivity index (χ1) is 14.3. The maximum absolute atomic E-state index is 13.0. The number of carbonyl (C=O) groups is 1. The minimum absolute atomic E-state index is 0.0173. The van der Waals surface area contributed by atoms with Gasteiger partial charge in [-0.25, -0.2) is 13.1 Å². The standard InChI is InChI=1S/C20H24ClN3O5S/c1-28-17-7-6-13(21)12-15(17)19(20(22)25)23-16-4-2-3-5-18(16)30(26,27)24-14-8-10-29-11-9-14/h2-7,12,14,19,23-24H,8-11H2,1H3,(H2,22,25). The van der Waals surface area contributed by atoms with E-state index in [4.69, 9.17) is 26.8 Å². The molecule has 1 unspecified atom stereocenters. The molecule has 0 spiro atoms. The monoisotopic (exact) mass is 453 g/mol. The second-order valence-electron chi connectivity index (χ2n) is 6.87. The molecular weight excluding hydrogens is 430 g/mol. The number of sulfonamides is 1. The van der Waals surface area contributed by atoms with Crippen LogP contribution < -0.4 is 20.5 Å². The molecule has 0 bridgehead atoms. The van der Waals surface area contributed by atoms with Gasteiger partial charge in [0.2, 0.25) is 15.9 Å². The Kier molecular flexibility index (Phi) is 7.19. The van der Waals surface area contributed by atoms with Gasteiger partial charge in [0.15, 0.2) is 0 Å². The molecule has 1 aliphatic rings. The van der Waals surface area contributed by atoms with Gasteiger partial charge >= 0.3 is 0 Å². The zero-order chi connectivity index (χ0) is 21.7. The largest absolute Gasteiger partial charge is 0.496 e. The number of anilines is 1. The molecule has 30 heavy (non-hydrogen) atoms. The number of carbonyl (C=O) groups excluding carboxylic acids is 1. The molecule has 1 saturated heterocycles. The van der Waals surface area contributed by atoms with Gasteiger partial charge in [-0.15, -0.1) is 0 Å². The Balaban J connectivity index is 1.94. The normalized spacial score (nSPS) is 16.1. The first-order valence-corrected chi connectivity index (χ1v) is 11.3. The molecule has 0 aromatic heterocycles. The molecule has 0 aliphatic carbocycles. The van der Waals surface area contributed by atoms with Crippen LogP contribution in [0.5, 0.6) is 5.75 Å². The van der Waals surface area contributed by atoms with Crippen LogP contribution in [0.15, 0.2) is 47.4 Å². The van der Waals surface area contributed by atoms with Gasteiger partial charge in [-0.2, -0.15) is 0 Å². The van der Waals surface area contributed by atoms with Crippen LogP contribution >= 0.6 is 11.6 Å². The Bertz CT molecular complexity index is 1010. The molecule has 0 saturated carbocycles. The predicted molar refractivity (Wildman–Crippen MR) is 114 cm³/mol. The summed E-state index contributed by atoms with van der Waals surface area (Å²) < 4.78 is 39.4. The van der Waals surface area contributed by atoms with E-state index >= 15 is 0 Å². The van der Waals surface area contributed by atoms with Gasteiger partial charge < -0.3 is 20.5 Å². The quantitative estimate of drug-likeness (QED) is 0.564. The first-order valence-electron chi connectivity index (χ1n) is 9.40. The maximum Gasteiger partial charge on any atom is 0.244 e. The molecule has 4 N–H and O–H groups in total. The van der Waals surface area contributed by atoms with E-state index in [1.54, 1.807) is 36.4 Å². The first kappa shape index (κ1) is 22.4. The number of nitrogens with two attached hydrogens (primary N) is 1. The number of hydrogen-bond donors (Lipinski definition) is 3. The highest BCUT2D eigenvalue weighted by Crippen LogP contribution is 2.32. The van der Waals surface area contributed by atoms with Gasteiger partial charge in [0.05, 0.1) is 12.8 Å². The molecule has 1 heterocycles. The summed E-state index contributed by atoms with van der Waals surface area (Å²) in [5.74, 6) is -0.309. The van der Waals surface area contributed by atoms with Gasteiger partial charge in [0.1, 0.15) is 16.7 Å². The number of methoxy groups -OCH3 is 1. The minimum Gasteiger partial charge on any atom is -0.496 e. The van der Waals surface area contributed by atoms with Crippen molar-refractivity contribution in [2.24, 2.45) is 5.73 Å². The van der Waals surface area contributed by atoms with E-state index < -0.39 is 22.0 Å². The summed E-state index contributed by atoms with van der Waals surface area (Å²) in [5, 5.41) is 3.34. The van der Waals surface area contributed by atoms with Gasteiger partial charge in [-0.1, -0.05) is 23.7 Å². The van der Waals surface area contributed by atoms with Crippen molar-refractivity contribution in [2.75, 3.05) is 25.6 Å². The molecule has 1 fully saturated rings. The topological polar surface area (TPSA) is 120 Å². The molecule has 1 atom stereocenters. The van der Waals surface area contributed by atoms with Crippen LogP contribution in [0.3, 0.4) is 0 Å². The Hall–Kier alpha value is -2.33. The van der Waals surface area contributed by atoms with Crippen LogP contribution in [0, 0.1) is 0 Å². The van der Waals surface area contributed by atoms with Crippen LogP contribution in [0.2, 0.25) is 5.02 Å². The lowest BCUT2D eigenvalue weighted by molar-refractivity contribution is -0.118. The summed E-state index contributed by atoms with van der Waals surface area (Å²) in [6, 6.07) is 9.85. The number of para-hydroxylation sites is 1. The van der Waals surface area contributed by atoms with Crippen LogP contribution in [0.25, 0.3) is 0 Å². The number of amides is 1. The average Bonchev–Trinajstić information content (AvgIpc) is 2.72. The lowest BCUT2D eigenvalue weighted by atomic mass is 10.0. The van der Waals surface area contributed by atoms with Crippen LogP contribution in [-0.2, 0) is 19.6 Å².